The van der Waals surface area contributed by atoms with Gasteiger partial charge in [-0.1, -0.05) is 20.8 Å². The lowest BCUT2D eigenvalue weighted by Crippen LogP contribution is -2.50. The highest BCUT2D eigenvalue weighted by Gasteiger charge is 2.68. The van der Waals surface area contributed by atoms with Crippen molar-refractivity contribution in [3.63, 3.8) is 0 Å². The molecule has 3 heterocycles. The molecular formula is C12H20FN. The molecule has 0 amide bonds. The van der Waals surface area contributed by atoms with E-state index in [4.69, 9.17) is 0 Å². The molecule has 0 aromatic heterocycles. The summed E-state index contributed by atoms with van der Waals surface area (Å²) in [6.07, 6.45) is 2.89. The molecule has 0 spiro atoms. The van der Waals surface area contributed by atoms with E-state index < -0.39 is 6.17 Å². The van der Waals surface area contributed by atoms with Gasteiger partial charge in [0.05, 0.1) is 0 Å². The maximum absolute atomic E-state index is 13.6. The van der Waals surface area contributed by atoms with Gasteiger partial charge in [-0.05, 0) is 30.6 Å². The number of nitrogens with zero attached hydrogens (tertiary/aromatic N) is 1. The minimum Gasteiger partial charge on any atom is -0.291 e. The largest absolute Gasteiger partial charge is 0.291 e. The molecule has 0 N–H and O–H groups in total. The van der Waals surface area contributed by atoms with Crippen LogP contribution in [0.25, 0.3) is 0 Å². The third-order valence-corrected chi connectivity index (χ3v) is 4.97. The zero-order valence-electron chi connectivity index (χ0n) is 9.39. The van der Waals surface area contributed by atoms with Crippen LogP contribution in [0.4, 0.5) is 4.39 Å². The molecule has 0 aromatic rings. The molecule has 4 fully saturated rings. The molecule has 0 aromatic carbocycles. The SMILES string of the molecule is CC(C)(C)C12CC(F)CN1C1CC2C1. The standard InChI is InChI=1S/C12H20FN/c1-11(2,3)12-6-9(13)7-14(12)10-4-8(12)5-10/h8-10H,4-7H2,1-3H3. The number of rotatable bonds is 0. The van der Waals surface area contributed by atoms with Crippen molar-refractivity contribution < 1.29 is 4.39 Å². The van der Waals surface area contributed by atoms with Gasteiger partial charge in [0.1, 0.15) is 6.17 Å². The summed E-state index contributed by atoms with van der Waals surface area (Å²) in [6, 6.07) is 0.722. The molecular weight excluding hydrogens is 177 g/mol. The fourth-order valence-electron chi connectivity index (χ4n) is 4.35. The summed E-state index contributed by atoms with van der Waals surface area (Å²) in [4.78, 5) is 2.50. The van der Waals surface area contributed by atoms with Crippen molar-refractivity contribution in [1.82, 2.24) is 4.90 Å². The first-order valence-electron chi connectivity index (χ1n) is 5.86. The van der Waals surface area contributed by atoms with E-state index >= 15 is 0 Å². The van der Waals surface area contributed by atoms with Crippen LogP contribution in [0.5, 0.6) is 0 Å². The number of halogens is 1. The topological polar surface area (TPSA) is 3.24 Å². The predicted molar refractivity (Wildman–Crippen MR) is 54.9 cm³/mol. The first-order chi connectivity index (χ1) is 6.45. The molecule has 3 aliphatic heterocycles. The molecule has 4 rings (SSSR count). The molecule has 3 saturated heterocycles. The Kier molecular flexibility index (Phi) is 1.53. The summed E-state index contributed by atoms with van der Waals surface area (Å²) in [7, 11) is 0. The summed E-state index contributed by atoms with van der Waals surface area (Å²) in [5.41, 5.74) is 0.445. The average molecular weight is 197 g/mol. The van der Waals surface area contributed by atoms with Gasteiger partial charge in [-0.15, -0.1) is 0 Å². The lowest BCUT2D eigenvalue weighted by atomic mass is 9.63. The van der Waals surface area contributed by atoms with Crippen molar-refractivity contribution >= 4 is 0 Å². The monoisotopic (exact) mass is 197 g/mol. The highest BCUT2D eigenvalue weighted by Crippen LogP contribution is 2.63. The van der Waals surface area contributed by atoms with Gasteiger partial charge in [-0.2, -0.15) is 0 Å². The van der Waals surface area contributed by atoms with Gasteiger partial charge >= 0.3 is 0 Å². The quantitative estimate of drug-likeness (QED) is 0.577. The van der Waals surface area contributed by atoms with Gasteiger partial charge in [0.25, 0.3) is 0 Å². The first-order valence-corrected chi connectivity index (χ1v) is 5.86. The van der Waals surface area contributed by atoms with Crippen LogP contribution in [0, 0.1) is 11.3 Å². The molecule has 1 saturated carbocycles. The third kappa shape index (κ3) is 0.804. The Labute approximate surface area is 85.7 Å². The van der Waals surface area contributed by atoms with Crippen LogP contribution in [0.15, 0.2) is 0 Å². The van der Waals surface area contributed by atoms with Crippen molar-refractivity contribution in [2.45, 2.75) is 57.8 Å². The summed E-state index contributed by atoms with van der Waals surface area (Å²) >= 11 is 0. The Hall–Kier alpha value is -0.110. The molecule has 2 bridgehead atoms. The van der Waals surface area contributed by atoms with Crippen LogP contribution in [0.1, 0.15) is 40.0 Å². The van der Waals surface area contributed by atoms with Crippen LogP contribution in [0.2, 0.25) is 0 Å². The van der Waals surface area contributed by atoms with E-state index in [0.717, 1.165) is 18.4 Å². The lowest BCUT2D eigenvalue weighted by molar-refractivity contribution is 0.0554. The number of hydrogen-bond donors (Lipinski definition) is 0. The lowest BCUT2D eigenvalue weighted by Gasteiger charge is -2.45. The Morgan fingerprint density at radius 3 is 2.43 bits per heavy atom. The van der Waals surface area contributed by atoms with Crippen LogP contribution < -0.4 is 0 Å². The summed E-state index contributed by atoms with van der Waals surface area (Å²) in [6.45, 7) is 7.58. The fraction of sp³-hybridized carbons (Fsp3) is 1.00. The summed E-state index contributed by atoms with van der Waals surface area (Å²) in [5.74, 6) is 0.785. The van der Waals surface area contributed by atoms with Crippen LogP contribution in [0.3, 0.4) is 0 Å². The molecule has 80 valence electrons. The van der Waals surface area contributed by atoms with Crippen molar-refractivity contribution in [1.29, 1.82) is 0 Å². The highest BCUT2D eigenvalue weighted by atomic mass is 19.1. The van der Waals surface area contributed by atoms with E-state index in [1.54, 1.807) is 0 Å². The van der Waals surface area contributed by atoms with E-state index in [1.165, 1.54) is 12.8 Å². The Balaban J connectivity index is 2.02. The number of alkyl halides is 1. The van der Waals surface area contributed by atoms with E-state index in [1.807, 2.05) is 0 Å². The van der Waals surface area contributed by atoms with Crippen LogP contribution in [-0.4, -0.2) is 29.2 Å². The maximum Gasteiger partial charge on any atom is 0.115 e. The smallest absolute Gasteiger partial charge is 0.115 e. The fourth-order valence-corrected chi connectivity index (χ4v) is 4.35. The van der Waals surface area contributed by atoms with E-state index in [9.17, 15) is 4.39 Å². The third-order valence-electron chi connectivity index (χ3n) is 4.97. The summed E-state index contributed by atoms with van der Waals surface area (Å²) in [5, 5.41) is 0. The van der Waals surface area contributed by atoms with Gasteiger partial charge in [0, 0.05) is 18.1 Å². The van der Waals surface area contributed by atoms with Crippen molar-refractivity contribution in [2.24, 2.45) is 11.3 Å². The van der Waals surface area contributed by atoms with Gasteiger partial charge in [-0.3, -0.25) is 4.90 Å². The van der Waals surface area contributed by atoms with E-state index in [2.05, 4.69) is 25.7 Å². The highest BCUT2D eigenvalue weighted by molar-refractivity contribution is 5.22. The predicted octanol–water partition coefficient (Wildman–Crippen LogP) is 2.61. The Bertz CT molecular complexity index is 264. The molecule has 14 heavy (non-hydrogen) atoms. The zero-order chi connectivity index (χ0) is 10.1. The molecule has 4 aliphatic rings. The van der Waals surface area contributed by atoms with Gasteiger partial charge in [0.2, 0.25) is 0 Å². The van der Waals surface area contributed by atoms with Gasteiger partial charge in [-0.25, -0.2) is 4.39 Å². The van der Waals surface area contributed by atoms with Crippen molar-refractivity contribution in [3.8, 4) is 0 Å². The molecule has 1 aliphatic carbocycles. The average Bonchev–Trinajstić information content (AvgIpc) is 2.40. The van der Waals surface area contributed by atoms with Gasteiger partial charge in [0.15, 0.2) is 0 Å². The molecule has 2 atom stereocenters. The minimum atomic E-state index is -0.570. The molecule has 1 nitrogen and oxygen atoms in total. The Morgan fingerprint density at radius 2 is 1.93 bits per heavy atom. The maximum atomic E-state index is 13.6. The van der Waals surface area contributed by atoms with Gasteiger partial charge < -0.3 is 0 Å². The van der Waals surface area contributed by atoms with Crippen molar-refractivity contribution in [2.75, 3.05) is 6.54 Å². The zero-order valence-corrected chi connectivity index (χ0v) is 9.39. The first kappa shape index (κ1) is 9.14. The number of hydrogen-bond acceptors (Lipinski definition) is 1. The van der Waals surface area contributed by atoms with E-state index in [0.29, 0.717) is 6.54 Å². The minimum absolute atomic E-state index is 0.205. The van der Waals surface area contributed by atoms with Crippen LogP contribution in [-0.2, 0) is 0 Å². The Morgan fingerprint density at radius 1 is 1.29 bits per heavy atom. The van der Waals surface area contributed by atoms with E-state index in [-0.39, 0.29) is 11.0 Å². The van der Waals surface area contributed by atoms with Crippen LogP contribution >= 0.6 is 0 Å². The molecule has 2 heteroatoms. The molecule has 2 unspecified atom stereocenters. The molecule has 0 radical (unpaired) electrons. The van der Waals surface area contributed by atoms with Crippen molar-refractivity contribution in [3.05, 3.63) is 0 Å². The normalized spacial score (nSPS) is 51.9. The second kappa shape index (κ2) is 2.34. The second-order valence-electron chi connectivity index (χ2n) is 6.45. The second-order valence-corrected chi connectivity index (χ2v) is 6.45. The summed E-state index contributed by atoms with van der Waals surface area (Å²) < 4.78 is 13.6.